The summed E-state index contributed by atoms with van der Waals surface area (Å²) in [6.07, 6.45) is 0. The lowest BCUT2D eigenvalue weighted by Crippen LogP contribution is -2.23. The van der Waals surface area contributed by atoms with E-state index >= 15 is 0 Å². The van der Waals surface area contributed by atoms with E-state index in [0.29, 0.717) is 0 Å². The van der Waals surface area contributed by atoms with Gasteiger partial charge in [0.05, 0.1) is 38.7 Å². The first kappa shape index (κ1) is 17.6. The van der Waals surface area contributed by atoms with Gasteiger partial charge in [-0.25, -0.2) is 4.79 Å². The van der Waals surface area contributed by atoms with Crippen LogP contribution >= 0.6 is 0 Å². The summed E-state index contributed by atoms with van der Waals surface area (Å²) in [6, 6.07) is 9.09. The smallest absolute Gasteiger partial charge is 0.336 e. The third-order valence-electron chi connectivity index (χ3n) is 3.19. The van der Waals surface area contributed by atoms with E-state index in [1.165, 1.54) is 30.3 Å². The fourth-order valence-corrected chi connectivity index (χ4v) is 3.37. The van der Waals surface area contributed by atoms with Crippen molar-refractivity contribution in [2.45, 2.75) is 10.6 Å². The van der Waals surface area contributed by atoms with Crippen molar-refractivity contribution in [2.75, 3.05) is 5.23 Å². The van der Waals surface area contributed by atoms with Crippen molar-refractivity contribution in [3.05, 3.63) is 59.2 Å². The molecular weight excluding hydrogens is 338 g/mol. The number of anilines is 1. The van der Waals surface area contributed by atoms with E-state index < -0.39 is 22.7 Å². The average Bonchev–Trinajstić information content (AvgIpc) is 2.54. The maximum absolute atomic E-state index is 12.5. The highest BCUT2D eigenvalue weighted by atomic mass is 32.2. The maximum atomic E-state index is 12.5. The molecule has 0 aliphatic heterocycles. The number of carbonyl (C=O) groups is 2. The molecule has 9 heteroatoms. The quantitative estimate of drug-likeness (QED) is 0.645. The van der Waals surface area contributed by atoms with E-state index in [9.17, 15) is 29.3 Å². The van der Waals surface area contributed by atoms with Gasteiger partial charge in [-0.15, -0.1) is 5.23 Å². The molecule has 0 aromatic heterocycles. The van der Waals surface area contributed by atoms with Crippen LogP contribution in [-0.2, 0) is 16.6 Å². The summed E-state index contributed by atoms with van der Waals surface area (Å²) in [6.45, 7) is 0. The minimum absolute atomic E-state index is 0.0716. The lowest BCUT2D eigenvalue weighted by molar-refractivity contribution is -0.255. The molecule has 0 radical (unpaired) electrons. The van der Waals surface area contributed by atoms with Gasteiger partial charge in [-0.05, 0) is 29.3 Å². The normalized spacial score (nSPS) is 11.8. The van der Waals surface area contributed by atoms with Gasteiger partial charge >= 0.3 is 5.97 Å². The van der Waals surface area contributed by atoms with Crippen LogP contribution in [0.1, 0.15) is 26.3 Å². The summed E-state index contributed by atoms with van der Waals surface area (Å²) in [5.74, 6) is -3.00. The topological polar surface area (TPSA) is 138 Å². The molecule has 2 rings (SSSR count). The number of carboxylic acid groups (broad SMARTS) is 2. The monoisotopic (exact) mass is 350 g/mol. The van der Waals surface area contributed by atoms with Crippen molar-refractivity contribution < 1.29 is 34.4 Å². The SMILES string of the molecule is O=C([O-])c1ccc(CS(=O)c2ccccc2C(=O)O)c(N(O)O)c1. The summed E-state index contributed by atoms with van der Waals surface area (Å²) in [7, 11) is -1.80. The lowest BCUT2D eigenvalue weighted by Gasteiger charge is -2.16. The second-order valence-electron chi connectivity index (χ2n) is 4.71. The predicted octanol–water partition coefficient (Wildman–Crippen LogP) is 0.641. The van der Waals surface area contributed by atoms with Gasteiger partial charge in [0.2, 0.25) is 0 Å². The van der Waals surface area contributed by atoms with Crippen LogP contribution < -0.4 is 10.3 Å². The molecule has 2 aromatic carbocycles. The third-order valence-corrected chi connectivity index (χ3v) is 4.61. The van der Waals surface area contributed by atoms with Crippen LogP contribution in [0.2, 0.25) is 0 Å². The highest BCUT2D eigenvalue weighted by molar-refractivity contribution is 7.84. The average molecular weight is 350 g/mol. The van der Waals surface area contributed by atoms with Crippen LogP contribution in [0.5, 0.6) is 0 Å². The zero-order valence-corrected chi connectivity index (χ0v) is 12.9. The molecule has 0 aliphatic carbocycles. The minimum Gasteiger partial charge on any atom is -0.545 e. The van der Waals surface area contributed by atoms with Crippen molar-refractivity contribution in [3.63, 3.8) is 0 Å². The number of nitrogens with zero attached hydrogens (tertiary/aromatic N) is 1. The molecule has 1 unspecified atom stereocenters. The maximum Gasteiger partial charge on any atom is 0.336 e. The Hall–Kier alpha value is -2.75. The fourth-order valence-electron chi connectivity index (χ4n) is 2.06. The number of hydrogen-bond acceptors (Lipinski definition) is 7. The molecule has 3 N–H and O–H groups in total. The van der Waals surface area contributed by atoms with E-state index in [1.54, 1.807) is 0 Å². The van der Waals surface area contributed by atoms with Crippen LogP contribution in [0.25, 0.3) is 0 Å². The molecule has 8 nitrogen and oxygen atoms in total. The Bertz CT molecular complexity index is 819. The molecule has 126 valence electrons. The van der Waals surface area contributed by atoms with Gasteiger partial charge in [0.25, 0.3) is 0 Å². The number of benzene rings is 2. The molecule has 0 fully saturated rings. The van der Waals surface area contributed by atoms with Crippen molar-refractivity contribution in [3.8, 4) is 0 Å². The first-order valence-electron chi connectivity index (χ1n) is 6.54. The minimum atomic E-state index is -1.80. The number of hydrogen-bond donors (Lipinski definition) is 3. The molecule has 0 bridgehead atoms. The standard InChI is InChI=1S/C15H13NO7S/c17-14(18)9-5-6-10(12(7-9)16(21)22)8-24(23)13-4-2-1-3-11(13)15(19)20/h1-7,21-22H,8H2,(H,17,18)(H,19,20)/p-1. The number of carboxylic acids is 2. The number of aromatic carboxylic acids is 2. The van der Waals surface area contributed by atoms with E-state index in [4.69, 9.17) is 5.11 Å². The van der Waals surface area contributed by atoms with Crippen LogP contribution in [0.3, 0.4) is 0 Å². The van der Waals surface area contributed by atoms with E-state index in [-0.39, 0.29) is 38.3 Å². The van der Waals surface area contributed by atoms with Crippen LogP contribution in [0.4, 0.5) is 5.69 Å². The Morgan fingerprint density at radius 3 is 2.38 bits per heavy atom. The molecule has 1 atom stereocenters. The van der Waals surface area contributed by atoms with Crippen LogP contribution in [-0.4, -0.2) is 31.7 Å². The summed E-state index contributed by atoms with van der Waals surface area (Å²) < 4.78 is 12.5. The molecule has 0 aliphatic rings. The second kappa shape index (κ2) is 7.21. The second-order valence-corrected chi connectivity index (χ2v) is 6.13. The van der Waals surface area contributed by atoms with Gasteiger partial charge in [0.15, 0.2) is 0 Å². The Morgan fingerprint density at radius 1 is 1.12 bits per heavy atom. The highest BCUT2D eigenvalue weighted by Crippen LogP contribution is 2.25. The van der Waals surface area contributed by atoms with Gasteiger partial charge in [0, 0.05) is 0 Å². The third kappa shape index (κ3) is 3.77. The van der Waals surface area contributed by atoms with E-state index in [2.05, 4.69) is 0 Å². The molecule has 0 saturated heterocycles. The molecular formula is C15H12NO7S-. The predicted molar refractivity (Wildman–Crippen MR) is 80.3 cm³/mol. The van der Waals surface area contributed by atoms with E-state index in [0.717, 1.165) is 12.1 Å². The zero-order valence-electron chi connectivity index (χ0n) is 12.1. The number of carbonyl (C=O) groups excluding carboxylic acids is 1. The highest BCUT2D eigenvalue weighted by Gasteiger charge is 2.18. The Kier molecular flexibility index (Phi) is 5.29. The molecule has 2 aromatic rings. The van der Waals surface area contributed by atoms with Gasteiger partial charge in [0.1, 0.15) is 0 Å². The summed E-state index contributed by atoms with van der Waals surface area (Å²) in [4.78, 5) is 22.1. The molecule has 24 heavy (non-hydrogen) atoms. The summed E-state index contributed by atoms with van der Waals surface area (Å²) in [5, 5.41) is 38.1. The first-order chi connectivity index (χ1) is 11.3. The molecule has 0 saturated carbocycles. The largest absolute Gasteiger partial charge is 0.545 e. The zero-order chi connectivity index (χ0) is 17.9. The Balaban J connectivity index is 2.39. The van der Waals surface area contributed by atoms with Crippen molar-refractivity contribution in [1.29, 1.82) is 0 Å². The van der Waals surface area contributed by atoms with Gasteiger partial charge in [-0.2, -0.15) is 0 Å². The van der Waals surface area contributed by atoms with Gasteiger partial charge in [-0.3, -0.25) is 14.6 Å². The van der Waals surface area contributed by atoms with Gasteiger partial charge in [-0.1, -0.05) is 24.3 Å². The van der Waals surface area contributed by atoms with Gasteiger partial charge < -0.3 is 15.0 Å². The molecule has 0 heterocycles. The number of rotatable bonds is 6. The van der Waals surface area contributed by atoms with Crippen molar-refractivity contribution in [2.24, 2.45) is 0 Å². The molecule has 0 spiro atoms. The van der Waals surface area contributed by atoms with Crippen molar-refractivity contribution >= 4 is 28.4 Å². The Morgan fingerprint density at radius 2 is 1.79 bits per heavy atom. The first-order valence-corrected chi connectivity index (χ1v) is 7.86. The van der Waals surface area contributed by atoms with E-state index in [1.807, 2.05) is 0 Å². The molecule has 0 amide bonds. The van der Waals surface area contributed by atoms with Crippen molar-refractivity contribution in [1.82, 2.24) is 0 Å². The Labute approximate surface area is 138 Å². The summed E-state index contributed by atoms with van der Waals surface area (Å²) in [5.41, 5.74) is -0.562. The van der Waals surface area contributed by atoms with Crippen LogP contribution in [0, 0.1) is 0 Å². The van der Waals surface area contributed by atoms with Crippen LogP contribution in [0.15, 0.2) is 47.4 Å². The fraction of sp³-hybridized carbons (Fsp3) is 0.0667. The summed E-state index contributed by atoms with van der Waals surface area (Å²) >= 11 is 0. The lowest BCUT2D eigenvalue weighted by atomic mass is 10.1.